The average Bonchev–Trinajstić information content (AvgIpc) is 2.72. The monoisotopic (exact) mass is 320 g/mol. The Balaban J connectivity index is 2.25. The maximum Gasteiger partial charge on any atom is 0.405 e. The molecule has 1 aromatic heterocycles. The van der Waals surface area contributed by atoms with Crippen LogP contribution in [0.25, 0.3) is 0 Å². The first-order valence-electron chi connectivity index (χ1n) is 6.37. The van der Waals surface area contributed by atoms with Crippen molar-refractivity contribution in [3.63, 3.8) is 0 Å². The summed E-state index contributed by atoms with van der Waals surface area (Å²) in [6.45, 7) is -1.04. The molecule has 0 saturated carbocycles. The number of halogens is 2. The maximum atomic E-state index is 13.9. The molecule has 0 unspecified atom stereocenters. The summed E-state index contributed by atoms with van der Waals surface area (Å²) >= 11 is 0. The van der Waals surface area contributed by atoms with E-state index >= 15 is 0 Å². The number of carboxylic acid groups (broad SMARTS) is 1. The summed E-state index contributed by atoms with van der Waals surface area (Å²) in [6.07, 6.45) is -1.71. The van der Waals surface area contributed by atoms with E-state index in [2.05, 4.69) is 5.10 Å². The number of amides is 1. The van der Waals surface area contributed by atoms with Crippen LogP contribution in [0.5, 0.6) is 0 Å². The van der Waals surface area contributed by atoms with Gasteiger partial charge < -0.3 is 15.2 Å². The van der Waals surface area contributed by atoms with E-state index in [1.54, 1.807) is 5.32 Å². The van der Waals surface area contributed by atoms with Gasteiger partial charge in [-0.05, 0) is 12.8 Å². The van der Waals surface area contributed by atoms with E-state index in [4.69, 9.17) is 9.84 Å². The van der Waals surface area contributed by atoms with E-state index in [1.807, 2.05) is 0 Å². The Kier molecular flexibility index (Phi) is 4.26. The molecule has 1 aromatic rings. The third-order valence-electron chi connectivity index (χ3n) is 3.47. The molecule has 0 bridgehead atoms. The third kappa shape index (κ3) is 3.13. The highest BCUT2D eigenvalue weighted by molar-refractivity contribution is 5.65. The number of hydrogen-bond donors (Lipinski definition) is 2. The normalized spacial score (nSPS) is 24.5. The van der Waals surface area contributed by atoms with E-state index in [0.29, 0.717) is 0 Å². The number of nitrogens with zero attached hydrogens (tertiary/aromatic N) is 3. The molecule has 22 heavy (non-hydrogen) atoms. The van der Waals surface area contributed by atoms with Crippen molar-refractivity contribution in [2.75, 3.05) is 6.61 Å². The van der Waals surface area contributed by atoms with Gasteiger partial charge >= 0.3 is 11.8 Å². The van der Waals surface area contributed by atoms with Crippen molar-refractivity contribution in [2.45, 2.75) is 30.9 Å². The summed E-state index contributed by atoms with van der Waals surface area (Å²) in [6, 6.07) is -1.61. The van der Waals surface area contributed by atoms with Crippen LogP contribution >= 0.6 is 0 Å². The van der Waals surface area contributed by atoms with Crippen molar-refractivity contribution < 1.29 is 28.3 Å². The Labute approximate surface area is 123 Å². The van der Waals surface area contributed by atoms with Gasteiger partial charge in [0.25, 0.3) is 5.92 Å². The molecule has 2 atom stereocenters. The topological polar surface area (TPSA) is 120 Å². The van der Waals surface area contributed by atoms with Crippen LogP contribution in [0.15, 0.2) is 6.20 Å². The molecule has 11 heteroatoms. The fourth-order valence-electron chi connectivity index (χ4n) is 2.42. The number of nitro groups is 1. The van der Waals surface area contributed by atoms with Crippen molar-refractivity contribution in [2.24, 2.45) is 7.05 Å². The molecule has 1 aliphatic heterocycles. The van der Waals surface area contributed by atoms with Gasteiger partial charge in [0.15, 0.2) is 0 Å². The molecule has 0 spiro atoms. The number of rotatable bonds is 3. The highest BCUT2D eigenvalue weighted by Crippen LogP contribution is 2.37. The first-order chi connectivity index (χ1) is 10.2. The van der Waals surface area contributed by atoms with Gasteiger partial charge in [-0.2, -0.15) is 5.10 Å². The van der Waals surface area contributed by atoms with Gasteiger partial charge in [0.2, 0.25) is 0 Å². The lowest BCUT2D eigenvalue weighted by Crippen LogP contribution is -2.48. The Morgan fingerprint density at radius 3 is 2.91 bits per heavy atom. The van der Waals surface area contributed by atoms with Gasteiger partial charge in [0.1, 0.15) is 24.6 Å². The van der Waals surface area contributed by atoms with Gasteiger partial charge in [-0.15, -0.1) is 0 Å². The summed E-state index contributed by atoms with van der Waals surface area (Å²) in [4.78, 5) is 20.9. The lowest BCUT2D eigenvalue weighted by atomic mass is 10.0. The van der Waals surface area contributed by atoms with Crippen LogP contribution in [-0.2, 0) is 11.8 Å². The lowest BCUT2D eigenvalue weighted by molar-refractivity contribution is -0.386. The molecule has 1 amide bonds. The van der Waals surface area contributed by atoms with E-state index in [9.17, 15) is 23.7 Å². The number of hydrogen-bond acceptors (Lipinski definition) is 5. The zero-order valence-electron chi connectivity index (χ0n) is 11.5. The zero-order chi connectivity index (χ0) is 16.5. The van der Waals surface area contributed by atoms with Crippen LogP contribution < -0.4 is 5.32 Å². The maximum absolute atomic E-state index is 13.9. The van der Waals surface area contributed by atoms with E-state index in [1.165, 1.54) is 11.7 Å². The Bertz CT molecular complexity index is 591. The molecule has 9 nitrogen and oxygen atoms in total. The molecule has 1 fully saturated rings. The molecule has 0 radical (unpaired) electrons. The fraction of sp³-hybridized carbons (Fsp3) is 0.636. The number of ether oxygens (including phenoxy) is 1. The second kappa shape index (κ2) is 5.83. The lowest BCUT2D eigenvalue weighted by Gasteiger charge is -2.23. The van der Waals surface area contributed by atoms with Crippen LogP contribution in [0.2, 0.25) is 0 Å². The van der Waals surface area contributed by atoms with Gasteiger partial charge in [-0.3, -0.25) is 14.8 Å². The molecule has 1 aliphatic rings. The van der Waals surface area contributed by atoms with Gasteiger partial charge in [0.05, 0.1) is 11.0 Å². The molecule has 0 aliphatic carbocycles. The van der Waals surface area contributed by atoms with Crippen LogP contribution in [0.4, 0.5) is 19.3 Å². The van der Waals surface area contributed by atoms with Crippen molar-refractivity contribution in [1.29, 1.82) is 0 Å². The van der Waals surface area contributed by atoms with Gasteiger partial charge in [0, 0.05) is 7.05 Å². The average molecular weight is 320 g/mol. The molecule has 2 heterocycles. The minimum Gasteiger partial charge on any atom is -0.465 e. The summed E-state index contributed by atoms with van der Waals surface area (Å²) in [5.74, 6) is -3.40. The van der Waals surface area contributed by atoms with Crippen LogP contribution in [0.3, 0.4) is 0 Å². The SMILES string of the molecule is Cn1ncc([N+](=O)[O-])c1[C@@H]1CC[C@@H](NC(=O)O)C(F)(F)CO1. The number of aryl methyl sites for hydroxylation is 1. The first-order valence-corrected chi connectivity index (χ1v) is 6.37. The summed E-state index contributed by atoms with van der Waals surface area (Å²) in [7, 11) is 1.45. The zero-order valence-corrected chi connectivity index (χ0v) is 11.5. The number of carbonyl (C=O) groups is 1. The van der Waals surface area contributed by atoms with Crippen LogP contribution in [0, 0.1) is 10.1 Å². The van der Waals surface area contributed by atoms with Gasteiger partial charge in [-0.1, -0.05) is 0 Å². The highest BCUT2D eigenvalue weighted by atomic mass is 19.3. The Morgan fingerprint density at radius 1 is 1.64 bits per heavy atom. The first kappa shape index (κ1) is 16.1. The molecule has 0 aromatic carbocycles. The molecular weight excluding hydrogens is 306 g/mol. The standard InChI is InChI=1S/C11H14F2N4O5/c1-16-9(6(4-14-16)17(20)21)7-2-3-8(15-10(18)19)11(12,13)5-22-7/h4,7-8,15H,2-3,5H2,1H3,(H,18,19)/t7-,8+/m0/s1. The molecule has 2 N–H and O–H groups in total. The highest BCUT2D eigenvalue weighted by Gasteiger charge is 2.45. The summed E-state index contributed by atoms with van der Waals surface area (Å²) in [5.41, 5.74) is -0.239. The largest absolute Gasteiger partial charge is 0.465 e. The molecule has 1 saturated heterocycles. The second-order valence-corrected chi connectivity index (χ2v) is 4.94. The second-order valence-electron chi connectivity index (χ2n) is 4.94. The third-order valence-corrected chi connectivity index (χ3v) is 3.47. The smallest absolute Gasteiger partial charge is 0.405 e. The molecular formula is C11H14F2N4O5. The number of nitrogens with one attached hydrogen (secondary N) is 1. The van der Waals surface area contributed by atoms with E-state index < -0.39 is 35.7 Å². The minimum absolute atomic E-state index is 0.000903. The van der Waals surface area contributed by atoms with Crippen molar-refractivity contribution in [3.05, 3.63) is 22.0 Å². The van der Waals surface area contributed by atoms with Crippen LogP contribution in [-0.4, -0.2) is 44.5 Å². The van der Waals surface area contributed by atoms with Crippen LogP contribution in [0.1, 0.15) is 24.6 Å². The predicted molar refractivity (Wildman–Crippen MR) is 67.7 cm³/mol. The summed E-state index contributed by atoms with van der Waals surface area (Å²) in [5, 5.41) is 25.1. The van der Waals surface area contributed by atoms with Crippen molar-refractivity contribution in [1.82, 2.24) is 15.1 Å². The molecule has 122 valence electrons. The quantitative estimate of drug-likeness (QED) is 0.642. The minimum atomic E-state index is -3.40. The van der Waals surface area contributed by atoms with E-state index in [0.717, 1.165) is 6.20 Å². The Hall–Kier alpha value is -2.30. The number of alkyl halides is 2. The Morgan fingerprint density at radius 2 is 2.32 bits per heavy atom. The van der Waals surface area contributed by atoms with E-state index in [-0.39, 0.29) is 24.2 Å². The number of aromatic nitrogens is 2. The summed E-state index contributed by atoms with van der Waals surface area (Å²) < 4.78 is 34.0. The fourth-order valence-corrected chi connectivity index (χ4v) is 2.42. The predicted octanol–water partition coefficient (Wildman–Crippen LogP) is 1.45. The van der Waals surface area contributed by atoms with Crippen molar-refractivity contribution in [3.8, 4) is 0 Å². The van der Waals surface area contributed by atoms with Crippen molar-refractivity contribution >= 4 is 11.8 Å². The van der Waals surface area contributed by atoms with Gasteiger partial charge in [-0.25, -0.2) is 13.6 Å². The molecule has 2 rings (SSSR count).